The van der Waals surface area contributed by atoms with E-state index in [1.807, 2.05) is 6.92 Å². The molecule has 2 aromatic heterocycles. The van der Waals surface area contributed by atoms with E-state index in [2.05, 4.69) is 4.98 Å². The van der Waals surface area contributed by atoms with Crippen molar-refractivity contribution in [2.24, 2.45) is 0 Å². The zero-order valence-corrected chi connectivity index (χ0v) is 17.1. The third kappa shape index (κ3) is 3.26. The normalized spacial score (nSPS) is 11.7. The van der Waals surface area contributed by atoms with Gasteiger partial charge in [-0.3, -0.25) is 0 Å². The van der Waals surface area contributed by atoms with Crippen LogP contribution in [-0.4, -0.2) is 24.5 Å². The van der Waals surface area contributed by atoms with E-state index in [0.717, 1.165) is 9.54 Å². The van der Waals surface area contributed by atoms with E-state index in [-0.39, 0.29) is 22.0 Å². The van der Waals surface area contributed by atoms with Crippen molar-refractivity contribution in [3.63, 3.8) is 0 Å². The maximum atomic E-state index is 14.3. The summed E-state index contributed by atoms with van der Waals surface area (Å²) in [6.07, 6.45) is 1.43. The lowest BCUT2D eigenvalue weighted by molar-refractivity contribution is 0.386. The van der Waals surface area contributed by atoms with Gasteiger partial charge in [0.1, 0.15) is 0 Å². The number of methoxy groups -OCH3 is 1. The number of nitrogens with zero attached hydrogens (tertiary/aromatic N) is 2. The van der Waals surface area contributed by atoms with Gasteiger partial charge in [-0.1, -0.05) is 29.3 Å². The van der Waals surface area contributed by atoms with Crippen molar-refractivity contribution in [1.82, 2.24) is 8.96 Å². The lowest BCUT2D eigenvalue weighted by atomic mass is 10.1. The predicted molar refractivity (Wildman–Crippen MR) is 110 cm³/mol. The highest BCUT2D eigenvalue weighted by atomic mass is 35.5. The fourth-order valence-corrected chi connectivity index (χ4v) is 4.81. The zero-order chi connectivity index (χ0) is 20.8. The summed E-state index contributed by atoms with van der Waals surface area (Å²) in [6.45, 7) is 1.87. The molecular formula is C21H16ClFN2O3S. The number of benzene rings is 2. The number of pyridine rings is 1. The number of fused-ring (bicyclic) bond motifs is 1. The molecule has 0 saturated heterocycles. The first kappa shape index (κ1) is 19.4. The van der Waals surface area contributed by atoms with Crippen molar-refractivity contribution in [2.45, 2.75) is 11.8 Å². The standard InChI is InChI=1S/C21H16ClFN2O3S/c1-13-3-6-15(7-4-13)29(26,27)25-19(12-16-17(22)9-10-24-21(16)25)14-5-8-20(28-2)18(23)11-14/h3-12H,1-2H3. The summed E-state index contributed by atoms with van der Waals surface area (Å²) < 4.78 is 47.4. The molecule has 0 N–H and O–H groups in total. The van der Waals surface area contributed by atoms with Crippen LogP contribution in [0.3, 0.4) is 0 Å². The first-order valence-corrected chi connectivity index (χ1v) is 10.5. The number of rotatable bonds is 4. The lowest BCUT2D eigenvalue weighted by Crippen LogP contribution is -2.14. The predicted octanol–water partition coefficient (Wildman–Crippen LogP) is 5.05. The van der Waals surface area contributed by atoms with Gasteiger partial charge in [-0.2, -0.15) is 0 Å². The molecule has 0 spiro atoms. The van der Waals surface area contributed by atoms with E-state index in [0.29, 0.717) is 16.0 Å². The molecule has 148 valence electrons. The van der Waals surface area contributed by atoms with Gasteiger partial charge in [0.2, 0.25) is 0 Å². The van der Waals surface area contributed by atoms with Gasteiger partial charge in [-0.05, 0) is 49.4 Å². The van der Waals surface area contributed by atoms with Crippen molar-refractivity contribution < 1.29 is 17.5 Å². The van der Waals surface area contributed by atoms with Crippen molar-refractivity contribution in [1.29, 1.82) is 0 Å². The summed E-state index contributed by atoms with van der Waals surface area (Å²) in [4.78, 5) is 4.33. The van der Waals surface area contributed by atoms with Crippen LogP contribution >= 0.6 is 11.6 Å². The molecular weight excluding hydrogens is 415 g/mol. The summed E-state index contributed by atoms with van der Waals surface area (Å²) in [6, 6.07) is 13.9. The second kappa shape index (κ2) is 7.17. The Kier molecular flexibility index (Phi) is 4.80. The molecule has 2 aromatic carbocycles. The van der Waals surface area contributed by atoms with E-state index < -0.39 is 15.8 Å². The summed E-state index contributed by atoms with van der Waals surface area (Å²) in [5.74, 6) is -0.539. The third-order valence-electron chi connectivity index (χ3n) is 4.61. The molecule has 0 aliphatic heterocycles. The van der Waals surface area contributed by atoms with Gasteiger partial charge in [-0.15, -0.1) is 0 Å². The van der Waals surface area contributed by atoms with Crippen molar-refractivity contribution >= 4 is 32.7 Å². The number of aryl methyl sites for hydroxylation is 1. The zero-order valence-electron chi connectivity index (χ0n) is 15.6. The smallest absolute Gasteiger partial charge is 0.269 e. The molecule has 0 aliphatic carbocycles. The molecule has 4 aromatic rings. The van der Waals surface area contributed by atoms with E-state index in [9.17, 15) is 12.8 Å². The molecule has 5 nitrogen and oxygen atoms in total. The molecule has 0 bridgehead atoms. The number of hydrogen-bond donors (Lipinski definition) is 0. The fraction of sp³-hybridized carbons (Fsp3) is 0.0952. The summed E-state index contributed by atoms with van der Waals surface area (Å²) in [5, 5.41) is 0.805. The highest BCUT2D eigenvalue weighted by Crippen LogP contribution is 2.35. The Balaban J connectivity index is 2.05. The number of aromatic nitrogens is 2. The molecule has 0 amide bonds. The SMILES string of the molecule is COc1ccc(-c2cc3c(Cl)ccnc3n2S(=O)(=O)c2ccc(C)cc2)cc1F. The van der Waals surface area contributed by atoms with Crippen molar-refractivity contribution in [3.05, 3.63) is 77.2 Å². The molecule has 0 radical (unpaired) electrons. The van der Waals surface area contributed by atoms with Crippen LogP contribution in [0.2, 0.25) is 5.02 Å². The second-order valence-electron chi connectivity index (χ2n) is 6.49. The van der Waals surface area contributed by atoms with Crippen LogP contribution in [0, 0.1) is 12.7 Å². The molecule has 0 fully saturated rings. The van der Waals surface area contributed by atoms with Crippen LogP contribution in [0.15, 0.2) is 65.7 Å². The maximum Gasteiger partial charge on any atom is 0.269 e. The van der Waals surface area contributed by atoms with E-state index >= 15 is 0 Å². The van der Waals surface area contributed by atoms with Crippen molar-refractivity contribution in [3.8, 4) is 17.0 Å². The third-order valence-corrected chi connectivity index (χ3v) is 6.66. The van der Waals surface area contributed by atoms with Gasteiger partial charge in [0, 0.05) is 17.1 Å². The Hall–Kier alpha value is -2.90. The van der Waals surface area contributed by atoms with Crippen LogP contribution < -0.4 is 4.74 Å². The quantitative estimate of drug-likeness (QED) is 0.454. The Labute approximate surface area is 172 Å². The molecule has 0 saturated carbocycles. The Morgan fingerprint density at radius 1 is 1.07 bits per heavy atom. The van der Waals surface area contributed by atoms with Crippen LogP contribution in [0.5, 0.6) is 5.75 Å². The van der Waals surface area contributed by atoms with Crippen molar-refractivity contribution in [2.75, 3.05) is 7.11 Å². The summed E-state index contributed by atoms with van der Waals surface area (Å²) in [7, 11) is -2.66. The first-order valence-electron chi connectivity index (χ1n) is 8.65. The topological polar surface area (TPSA) is 61.2 Å². The van der Waals surface area contributed by atoms with Gasteiger partial charge in [0.05, 0.1) is 22.7 Å². The Morgan fingerprint density at radius 2 is 1.79 bits per heavy atom. The highest BCUT2D eigenvalue weighted by molar-refractivity contribution is 7.90. The largest absolute Gasteiger partial charge is 0.494 e. The summed E-state index contributed by atoms with van der Waals surface area (Å²) in [5.41, 5.74) is 1.71. The van der Waals surface area contributed by atoms with E-state index in [4.69, 9.17) is 16.3 Å². The average molecular weight is 431 g/mol. The minimum atomic E-state index is -4.02. The first-order chi connectivity index (χ1) is 13.8. The highest BCUT2D eigenvalue weighted by Gasteiger charge is 2.26. The minimum Gasteiger partial charge on any atom is -0.494 e. The van der Waals surface area contributed by atoms with Gasteiger partial charge in [0.25, 0.3) is 10.0 Å². The molecule has 2 heterocycles. The Bertz CT molecular complexity index is 1330. The molecule has 4 rings (SSSR count). The minimum absolute atomic E-state index is 0.0639. The lowest BCUT2D eigenvalue weighted by Gasteiger charge is -2.12. The number of halogens is 2. The fourth-order valence-electron chi connectivity index (χ4n) is 3.13. The van der Waals surface area contributed by atoms with Gasteiger partial charge < -0.3 is 4.74 Å². The summed E-state index contributed by atoms with van der Waals surface area (Å²) >= 11 is 6.28. The second-order valence-corrected chi connectivity index (χ2v) is 8.69. The molecule has 8 heteroatoms. The van der Waals surface area contributed by atoms with Gasteiger partial charge >= 0.3 is 0 Å². The Morgan fingerprint density at radius 3 is 2.45 bits per heavy atom. The van der Waals surface area contributed by atoms with Gasteiger partial charge in [-0.25, -0.2) is 21.8 Å². The molecule has 0 aliphatic rings. The van der Waals surface area contributed by atoms with Gasteiger partial charge in [0.15, 0.2) is 17.2 Å². The number of hydrogen-bond acceptors (Lipinski definition) is 4. The molecule has 0 unspecified atom stereocenters. The van der Waals surface area contributed by atoms with Crippen LogP contribution in [0.4, 0.5) is 4.39 Å². The molecule has 29 heavy (non-hydrogen) atoms. The maximum absolute atomic E-state index is 14.3. The monoisotopic (exact) mass is 430 g/mol. The molecule has 0 atom stereocenters. The van der Waals surface area contributed by atoms with Crippen LogP contribution in [0.25, 0.3) is 22.3 Å². The van der Waals surface area contributed by atoms with Crippen LogP contribution in [-0.2, 0) is 10.0 Å². The number of ether oxygens (including phenoxy) is 1. The average Bonchev–Trinajstić information content (AvgIpc) is 3.10. The van der Waals surface area contributed by atoms with E-state index in [1.165, 1.54) is 37.6 Å². The van der Waals surface area contributed by atoms with E-state index in [1.54, 1.807) is 30.3 Å². The van der Waals surface area contributed by atoms with Crippen LogP contribution in [0.1, 0.15) is 5.56 Å².